The van der Waals surface area contributed by atoms with Crippen LogP contribution in [0.1, 0.15) is 37.7 Å². The second kappa shape index (κ2) is 7.40. The Morgan fingerprint density at radius 3 is 2.77 bits per heavy atom. The molecule has 138 valence electrons. The standard InChI is InChI=1S/C23H30NO2/c1-24-14-5-4-13-22(24)20(11-7-15-24)17-26-23(25)16-19-10-6-9-18-8-2-3-12-21(18)19/h2-3,6,8-10,12,20,22H,4-5,7,11,13-17H2,1H3/q+1/t20-,22+,24+/m1/s1. The largest absolute Gasteiger partial charge is 0.465 e. The lowest BCUT2D eigenvalue weighted by molar-refractivity contribution is -0.947. The van der Waals surface area contributed by atoms with Crippen LogP contribution in [-0.2, 0) is 16.0 Å². The third-order valence-electron chi connectivity index (χ3n) is 6.68. The Balaban J connectivity index is 1.39. The van der Waals surface area contributed by atoms with Crippen molar-refractivity contribution in [2.75, 3.05) is 26.7 Å². The molecule has 0 bridgehead atoms. The number of quaternary nitrogens is 1. The molecule has 2 fully saturated rings. The Morgan fingerprint density at radius 2 is 1.85 bits per heavy atom. The van der Waals surface area contributed by atoms with Gasteiger partial charge in [-0.3, -0.25) is 4.79 Å². The van der Waals surface area contributed by atoms with Gasteiger partial charge in [0, 0.05) is 12.3 Å². The fraction of sp³-hybridized carbons (Fsp3) is 0.522. The normalized spacial score (nSPS) is 28.5. The molecule has 2 aliphatic rings. The van der Waals surface area contributed by atoms with Gasteiger partial charge in [-0.2, -0.15) is 0 Å². The van der Waals surface area contributed by atoms with Crippen molar-refractivity contribution in [1.29, 1.82) is 0 Å². The van der Waals surface area contributed by atoms with Crippen LogP contribution in [0, 0.1) is 5.92 Å². The zero-order valence-corrected chi connectivity index (χ0v) is 15.8. The number of benzene rings is 2. The summed E-state index contributed by atoms with van der Waals surface area (Å²) in [6.07, 6.45) is 6.81. The summed E-state index contributed by atoms with van der Waals surface area (Å²) in [6, 6.07) is 15.1. The lowest BCUT2D eigenvalue weighted by Crippen LogP contribution is -2.61. The maximum absolute atomic E-state index is 12.5. The van der Waals surface area contributed by atoms with E-state index in [-0.39, 0.29) is 5.97 Å². The Bertz CT molecular complexity index is 777. The highest BCUT2D eigenvalue weighted by Gasteiger charge is 2.43. The van der Waals surface area contributed by atoms with Gasteiger partial charge in [0.1, 0.15) is 0 Å². The molecule has 0 unspecified atom stereocenters. The van der Waals surface area contributed by atoms with Gasteiger partial charge in [0.15, 0.2) is 0 Å². The van der Waals surface area contributed by atoms with Crippen molar-refractivity contribution in [2.24, 2.45) is 5.92 Å². The van der Waals surface area contributed by atoms with Crippen LogP contribution in [0.3, 0.4) is 0 Å². The molecule has 0 aromatic heterocycles. The van der Waals surface area contributed by atoms with Crippen LogP contribution in [0.25, 0.3) is 10.8 Å². The summed E-state index contributed by atoms with van der Waals surface area (Å²) in [5.74, 6) is 0.447. The molecule has 0 aliphatic carbocycles. The third-order valence-corrected chi connectivity index (χ3v) is 6.68. The zero-order chi connectivity index (χ0) is 18.0. The summed E-state index contributed by atoms with van der Waals surface area (Å²) in [7, 11) is 2.41. The number of piperidine rings is 2. The SMILES string of the molecule is C[N@@+]12CCCC[C@H]1[C@@H](COC(=O)Cc1cccc3ccccc13)CCC2. The first-order valence-corrected chi connectivity index (χ1v) is 10.1. The Morgan fingerprint density at radius 1 is 1.04 bits per heavy atom. The first-order chi connectivity index (χ1) is 12.7. The molecular formula is C23H30NO2+. The maximum atomic E-state index is 12.5. The van der Waals surface area contributed by atoms with Crippen molar-refractivity contribution in [2.45, 2.75) is 44.6 Å². The van der Waals surface area contributed by atoms with E-state index >= 15 is 0 Å². The summed E-state index contributed by atoms with van der Waals surface area (Å²) >= 11 is 0. The topological polar surface area (TPSA) is 26.3 Å². The van der Waals surface area contributed by atoms with E-state index in [1.807, 2.05) is 24.3 Å². The number of esters is 1. The number of nitrogens with zero attached hydrogens (tertiary/aromatic N) is 1. The van der Waals surface area contributed by atoms with Gasteiger partial charge in [0.25, 0.3) is 0 Å². The van der Waals surface area contributed by atoms with E-state index in [9.17, 15) is 4.79 Å². The Hall–Kier alpha value is -1.87. The highest BCUT2D eigenvalue weighted by molar-refractivity contribution is 5.88. The molecule has 3 atom stereocenters. The van der Waals surface area contributed by atoms with Crippen LogP contribution < -0.4 is 0 Å². The van der Waals surface area contributed by atoms with Crippen LogP contribution in [0.4, 0.5) is 0 Å². The van der Waals surface area contributed by atoms with E-state index in [1.165, 1.54) is 55.1 Å². The lowest BCUT2D eigenvalue weighted by Gasteiger charge is -2.51. The van der Waals surface area contributed by atoms with Crippen LogP contribution >= 0.6 is 0 Å². The van der Waals surface area contributed by atoms with Gasteiger partial charge in [0.05, 0.1) is 39.2 Å². The molecule has 0 amide bonds. The smallest absolute Gasteiger partial charge is 0.310 e. The summed E-state index contributed by atoms with van der Waals surface area (Å²) in [6.45, 7) is 3.19. The van der Waals surface area contributed by atoms with E-state index in [1.54, 1.807) is 0 Å². The Labute approximate surface area is 156 Å². The number of rotatable bonds is 4. The molecular weight excluding hydrogens is 322 g/mol. The first-order valence-electron chi connectivity index (χ1n) is 10.1. The minimum absolute atomic E-state index is 0.0862. The number of hydrogen-bond acceptors (Lipinski definition) is 2. The molecule has 4 rings (SSSR count). The van der Waals surface area contributed by atoms with Gasteiger partial charge in [0.2, 0.25) is 0 Å². The van der Waals surface area contributed by atoms with E-state index in [4.69, 9.17) is 4.74 Å². The fourth-order valence-corrected chi connectivity index (χ4v) is 5.28. The van der Waals surface area contributed by atoms with E-state index < -0.39 is 0 Å². The molecule has 0 N–H and O–H groups in total. The summed E-state index contributed by atoms with van der Waals surface area (Å²) in [4.78, 5) is 12.5. The lowest BCUT2D eigenvalue weighted by atomic mass is 9.82. The van der Waals surface area contributed by atoms with Crippen molar-refractivity contribution in [3.8, 4) is 0 Å². The second-order valence-electron chi connectivity index (χ2n) is 8.39. The van der Waals surface area contributed by atoms with Gasteiger partial charge in [-0.05, 0) is 42.0 Å². The first kappa shape index (κ1) is 17.5. The van der Waals surface area contributed by atoms with Crippen LogP contribution in [0.2, 0.25) is 0 Å². The van der Waals surface area contributed by atoms with Gasteiger partial charge in [-0.1, -0.05) is 42.5 Å². The molecule has 0 radical (unpaired) electrons. The monoisotopic (exact) mass is 352 g/mol. The molecule has 2 aromatic carbocycles. The van der Waals surface area contributed by atoms with Gasteiger partial charge >= 0.3 is 5.97 Å². The van der Waals surface area contributed by atoms with Gasteiger partial charge in [-0.25, -0.2) is 0 Å². The van der Waals surface area contributed by atoms with Crippen LogP contribution in [-0.4, -0.2) is 43.2 Å². The molecule has 3 heteroatoms. The number of fused-ring (bicyclic) bond motifs is 2. The number of hydrogen-bond donors (Lipinski definition) is 0. The molecule has 26 heavy (non-hydrogen) atoms. The van der Waals surface area contributed by atoms with Crippen molar-refractivity contribution in [1.82, 2.24) is 0 Å². The molecule has 0 saturated carbocycles. The Kier molecular flexibility index (Phi) is 4.99. The van der Waals surface area contributed by atoms with Crippen LogP contribution in [0.5, 0.6) is 0 Å². The molecule has 2 saturated heterocycles. The minimum Gasteiger partial charge on any atom is -0.465 e. The average Bonchev–Trinajstić information content (AvgIpc) is 2.66. The van der Waals surface area contributed by atoms with Crippen molar-refractivity contribution >= 4 is 16.7 Å². The number of carbonyl (C=O) groups is 1. The zero-order valence-electron chi connectivity index (χ0n) is 15.8. The highest BCUT2D eigenvalue weighted by Crippen LogP contribution is 2.36. The predicted octanol–water partition coefficient (Wildman–Crippen LogP) is 4.33. The predicted molar refractivity (Wildman–Crippen MR) is 105 cm³/mol. The minimum atomic E-state index is -0.0862. The summed E-state index contributed by atoms with van der Waals surface area (Å²) in [5.41, 5.74) is 1.06. The number of carbonyl (C=O) groups excluding carboxylic acids is 1. The van der Waals surface area contributed by atoms with Crippen molar-refractivity contribution in [3.63, 3.8) is 0 Å². The molecule has 2 aromatic rings. The van der Waals surface area contributed by atoms with Crippen molar-refractivity contribution < 1.29 is 14.0 Å². The quantitative estimate of drug-likeness (QED) is 0.604. The molecule has 3 nitrogen and oxygen atoms in total. The molecule has 0 spiro atoms. The van der Waals surface area contributed by atoms with Crippen molar-refractivity contribution in [3.05, 3.63) is 48.0 Å². The van der Waals surface area contributed by atoms with E-state index in [0.29, 0.717) is 25.0 Å². The molecule has 2 aliphatic heterocycles. The van der Waals surface area contributed by atoms with Gasteiger partial charge in [-0.15, -0.1) is 0 Å². The fourth-order valence-electron chi connectivity index (χ4n) is 5.28. The van der Waals surface area contributed by atoms with E-state index in [0.717, 1.165) is 10.9 Å². The average molecular weight is 352 g/mol. The van der Waals surface area contributed by atoms with Gasteiger partial charge < -0.3 is 9.22 Å². The summed E-state index contributed by atoms with van der Waals surface area (Å²) in [5, 5.41) is 2.33. The number of ether oxygens (including phenoxy) is 1. The van der Waals surface area contributed by atoms with E-state index in [2.05, 4.69) is 25.2 Å². The van der Waals surface area contributed by atoms with Crippen LogP contribution in [0.15, 0.2) is 42.5 Å². The summed E-state index contributed by atoms with van der Waals surface area (Å²) < 4.78 is 6.98. The third kappa shape index (κ3) is 3.50. The second-order valence-corrected chi connectivity index (χ2v) is 8.39. The highest BCUT2D eigenvalue weighted by atomic mass is 16.5. The molecule has 2 heterocycles. The maximum Gasteiger partial charge on any atom is 0.310 e.